The Kier molecular flexibility index (Phi) is 3.44. The Bertz CT molecular complexity index is 773. The molecule has 0 aliphatic rings. The Morgan fingerprint density at radius 1 is 0.818 bits per heavy atom. The average Bonchev–Trinajstić information content (AvgIpc) is 2.97. The monoisotopic (exact) mass is 307 g/mol. The summed E-state index contributed by atoms with van der Waals surface area (Å²) in [5, 5.41) is 3.84. The molecule has 22 heavy (non-hydrogen) atoms. The van der Waals surface area contributed by atoms with Crippen LogP contribution in [0.2, 0.25) is 0 Å². The number of hydrogen-bond donors (Lipinski definition) is 0. The van der Waals surface area contributed by atoms with Crippen molar-refractivity contribution in [3.8, 4) is 22.6 Å². The highest BCUT2D eigenvalue weighted by molar-refractivity contribution is 5.66. The minimum atomic E-state index is -4.38. The van der Waals surface area contributed by atoms with Crippen LogP contribution in [-0.2, 0) is 6.18 Å². The molecule has 0 fully saturated rings. The fourth-order valence-corrected chi connectivity index (χ4v) is 1.99. The maximum absolute atomic E-state index is 12.9. The van der Waals surface area contributed by atoms with Crippen molar-refractivity contribution in [2.24, 2.45) is 0 Å². The lowest BCUT2D eigenvalue weighted by molar-refractivity contribution is -0.137. The van der Waals surface area contributed by atoms with Gasteiger partial charge in [-0.2, -0.15) is 13.2 Å². The van der Waals surface area contributed by atoms with E-state index in [4.69, 9.17) is 4.52 Å². The van der Waals surface area contributed by atoms with E-state index in [0.717, 1.165) is 12.1 Å². The zero-order valence-electron chi connectivity index (χ0n) is 11.1. The van der Waals surface area contributed by atoms with Crippen LogP contribution in [0.5, 0.6) is 0 Å². The topological polar surface area (TPSA) is 26.0 Å². The van der Waals surface area contributed by atoms with Gasteiger partial charge in [0.15, 0.2) is 5.76 Å². The highest BCUT2D eigenvalue weighted by atomic mass is 19.4. The van der Waals surface area contributed by atoms with Gasteiger partial charge in [0.1, 0.15) is 11.5 Å². The highest BCUT2D eigenvalue weighted by Gasteiger charge is 2.30. The molecule has 2 nitrogen and oxygen atoms in total. The number of halogens is 4. The van der Waals surface area contributed by atoms with Crippen LogP contribution in [-0.4, -0.2) is 5.16 Å². The Balaban J connectivity index is 1.89. The van der Waals surface area contributed by atoms with E-state index in [0.29, 0.717) is 22.6 Å². The summed E-state index contributed by atoms with van der Waals surface area (Å²) in [4.78, 5) is 0. The number of alkyl halides is 3. The third kappa shape index (κ3) is 2.86. The van der Waals surface area contributed by atoms with Crippen LogP contribution in [0.1, 0.15) is 5.56 Å². The van der Waals surface area contributed by atoms with Crippen molar-refractivity contribution in [1.29, 1.82) is 0 Å². The lowest BCUT2D eigenvalue weighted by atomic mass is 10.1. The largest absolute Gasteiger partial charge is 0.416 e. The fraction of sp³-hybridized carbons (Fsp3) is 0.0625. The smallest absolute Gasteiger partial charge is 0.356 e. The van der Waals surface area contributed by atoms with Crippen molar-refractivity contribution >= 4 is 0 Å². The molecule has 0 aliphatic carbocycles. The second-order valence-corrected chi connectivity index (χ2v) is 4.66. The Morgan fingerprint density at radius 3 is 2.00 bits per heavy atom. The van der Waals surface area contributed by atoms with E-state index in [-0.39, 0.29) is 5.82 Å². The zero-order valence-corrected chi connectivity index (χ0v) is 11.1. The van der Waals surface area contributed by atoms with Crippen molar-refractivity contribution in [2.45, 2.75) is 6.18 Å². The number of hydrogen-bond acceptors (Lipinski definition) is 2. The van der Waals surface area contributed by atoms with Gasteiger partial charge in [0, 0.05) is 17.2 Å². The van der Waals surface area contributed by atoms with Gasteiger partial charge in [-0.05, 0) is 36.4 Å². The third-order valence-corrected chi connectivity index (χ3v) is 3.15. The van der Waals surface area contributed by atoms with E-state index in [9.17, 15) is 17.6 Å². The quantitative estimate of drug-likeness (QED) is 0.611. The first-order valence-corrected chi connectivity index (χ1v) is 6.34. The molecule has 0 bridgehead atoms. The molecule has 0 amide bonds. The summed E-state index contributed by atoms with van der Waals surface area (Å²) in [6.45, 7) is 0. The SMILES string of the molecule is Fc1ccc(-c2cc(-c3ccc(C(F)(F)F)cc3)on2)cc1. The standard InChI is InChI=1S/C16H9F4NO/c17-13-7-3-10(4-8-13)14-9-15(22-21-14)11-1-5-12(6-2-11)16(18,19)20/h1-9H. The molecule has 1 heterocycles. The molecule has 0 unspecified atom stereocenters. The number of nitrogens with zero attached hydrogens (tertiary/aromatic N) is 1. The van der Waals surface area contributed by atoms with E-state index < -0.39 is 11.7 Å². The summed E-state index contributed by atoms with van der Waals surface area (Å²) in [5.74, 6) is -0.0248. The van der Waals surface area contributed by atoms with E-state index >= 15 is 0 Å². The average molecular weight is 307 g/mol. The van der Waals surface area contributed by atoms with Crippen LogP contribution in [0.4, 0.5) is 17.6 Å². The first kappa shape index (κ1) is 14.3. The molecular formula is C16H9F4NO. The van der Waals surface area contributed by atoms with Crippen molar-refractivity contribution in [3.05, 3.63) is 66.0 Å². The van der Waals surface area contributed by atoms with E-state index in [1.54, 1.807) is 18.2 Å². The van der Waals surface area contributed by atoms with Gasteiger partial charge in [0.05, 0.1) is 5.56 Å². The summed E-state index contributed by atoms with van der Waals surface area (Å²) in [6, 6.07) is 11.9. The molecule has 6 heteroatoms. The molecular weight excluding hydrogens is 298 g/mol. The van der Waals surface area contributed by atoms with Gasteiger partial charge in [-0.1, -0.05) is 17.3 Å². The molecule has 0 radical (unpaired) electrons. The second-order valence-electron chi connectivity index (χ2n) is 4.66. The van der Waals surface area contributed by atoms with Crippen LogP contribution in [0.3, 0.4) is 0 Å². The molecule has 0 saturated carbocycles. The molecule has 0 aliphatic heterocycles. The number of rotatable bonds is 2. The van der Waals surface area contributed by atoms with Gasteiger partial charge < -0.3 is 4.52 Å². The van der Waals surface area contributed by atoms with E-state index in [2.05, 4.69) is 5.16 Å². The van der Waals surface area contributed by atoms with Gasteiger partial charge in [0.2, 0.25) is 0 Å². The molecule has 0 atom stereocenters. The van der Waals surface area contributed by atoms with Crippen LogP contribution >= 0.6 is 0 Å². The molecule has 1 aromatic heterocycles. The fourth-order valence-electron chi connectivity index (χ4n) is 1.99. The zero-order chi connectivity index (χ0) is 15.7. The highest BCUT2D eigenvalue weighted by Crippen LogP contribution is 2.32. The maximum Gasteiger partial charge on any atom is 0.416 e. The predicted molar refractivity (Wildman–Crippen MR) is 72.3 cm³/mol. The van der Waals surface area contributed by atoms with Crippen molar-refractivity contribution in [1.82, 2.24) is 5.16 Å². The van der Waals surface area contributed by atoms with Crippen LogP contribution < -0.4 is 0 Å². The second kappa shape index (κ2) is 5.29. The molecule has 0 spiro atoms. The van der Waals surface area contributed by atoms with Crippen LogP contribution in [0.15, 0.2) is 59.1 Å². The molecule has 112 valence electrons. The van der Waals surface area contributed by atoms with Gasteiger partial charge in [-0.25, -0.2) is 4.39 Å². The molecule has 2 aromatic carbocycles. The van der Waals surface area contributed by atoms with Gasteiger partial charge in [-0.3, -0.25) is 0 Å². The minimum absolute atomic E-state index is 0.341. The summed E-state index contributed by atoms with van der Waals surface area (Å²) < 4.78 is 55.5. The lowest BCUT2D eigenvalue weighted by Gasteiger charge is -2.06. The number of aromatic nitrogens is 1. The summed E-state index contributed by atoms with van der Waals surface area (Å²) in [6.07, 6.45) is -4.38. The van der Waals surface area contributed by atoms with Crippen molar-refractivity contribution < 1.29 is 22.1 Å². The normalized spacial score (nSPS) is 11.6. The van der Waals surface area contributed by atoms with Gasteiger partial charge in [0.25, 0.3) is 0 Å². The third-order valence-electron chi connectivity index (χ3n) is 3.15. The molecule has 3 aromatic rings. The number of benzene rings is 2. The van der Waals surface area contributed by atoms with Crippen molar-refractivity contribution in [2.75, 3.05) is 0 Å². The molecule has 0 saturated heterocycles. The summed E-state index contributed by atoms with van der Waals surface area (Å²) >= 11 is 0. The van der Waals surface area contributed by atoms with Crippen LogP contribution in [0, 0.1) is 5.82 Å². The Labute approximate surface area is 123 Å². The Morgan fingerprint density at radius 2 is 1.41 bits per heavy atom. The predicted octanol–water partition coefficient (Wildman–Crippen LogP) is 5.17. The minimum Gasteiger partial charge on any atom is -0.356 e. The van der Waals surface area contributed by atoms with E-state index in [1.165, 1.54) is 24.3 Å². The summed E-state index contributed by atoms with van der Waals surface area (Å²) in [7, 11) is 0. The first-order valence-electron chi connectivity index (χ1n) is 6.34. The van der Waals surface area contributed by atoms with E-state index in [1.807, 2.05) is 0 Å². The first-order chi connectivity index (χ1) is 10.4. The van der Waals surface area contributed by atoms with Gasteiger partial charge >= 0.3 is 6.18 Å². The molecule has 0 N–H and O–H groups in total. The molecule has 3 rings (SSSR count). The maximum atomic E-state index is 12.9. The van der Waals surface area contributed by atoms with Gasteiger partial charge in [-0.15, -0.1) is 0 Å². The summed E-state index contributed by atoms with van der Waals surface area (Å²) in [5.41, 5.74) is 0.890. The lowest BCUT2D eigenvalue weighted by Crippen LogP contribution is -2.03. The Hall–Kier alpha value is -2.63. The van der Waals surface area contributed by atoms with Crippen molar-refractivity contribution in [3.63, 3.8) is 0 Å². The van der Waals surface area contributed by atoms with Crippen LogP contribution in [0.25, 0.3) is 22.6 Å².